The van der Waals surface area contributed by atoms with Crippen molar-refractivity contribution in [3.63, 3.8) is 0 Å². The van der Waals surface area contributed by atoms with E-state index in [1.54, 1.807) is 30.4 Å². The molecule has 2 fully saturated rings. The molecule has 1 amide bonds. The van der Waals surface area contributed by atoms with Crippen molar-refractivity contribution in [1.29, 1.82) is 0 Å². The van der Waals surface area contributed by atoms with Crippen LogP contribution in [0.5, 0.6) is 11.5 Å². The number of anilines is 1. The van der Waals surface area contributed by atoms with Crippen LogP contribution in [0.3, 0.4) is 0 Å². The molecule has 3 aliphatic rings. The van der Waals surface area contributed by atoms with Gasteiger partial charge in [-0.05, 0) is 92.7 Å². The molecule has 1 saturated carbocycles. The van der Waals surface area contributed by atoms with Gasteiger partial charge in [0.15, 0.2) is 0 Å². The molecule has 31 heavy (non-hydrogen) atoms. The Morgan fingerprint density at radius 3 is 2.65 bits per heavy atom. The van der Waals surface area contributed by atoms with Gasteiger partial charge in [-0.1, -0.05) is 18.9 Å². The van der Waals surface area contributed by atoms with Crippen LogP contribution in [-0.4, -0.2) is 42.7 Å². The van der Waals surface area contributed by atoms with E-state index in [-0.39, 0.29) is 11.7 Å². The SMILES string of the molecule is CC(=O)Nc1ccc(O)cc1.COc1ccc2c(c1)[C@]13CCCC[C@@H]1[C@H](C2)N(C)CC3. The van der Waals surface area contributed by atoms with E-state index in [1.165, 1.54) is 64.1 Å². The van der Waals surface area contributed by atoms with Crippen LogP contribution in [0.4, 0.5) is 5.69 Å². The van der Waals surface area contributed by atoms with Gasteiger partial charge in [-0.25, -0.2) is 0 Å². The Kier molecular flexibility index (Phi) is 6.24. The van der Waals surface area contributed by atoms with Crippen molar-refractivity contribution in [3.05, 3.63) is 53.6 Å². The highest BCUT2D eigenvalue weighted by Gasteiger charge is 2.53. The van der Waals surface area contributed by atoms with Crippen LogP contribution in [0.15, 0.2) is 42.5 Å². The molecule has 0 spiro atoms. The smallest absolute Gasteiger partial charge is 0.221 e. The summed E-state index contributed by atoms with van der Waals surface area (Å²) >= 11 is 0. The van der Waals surface area contributed by atoms with E-state index in [4.69, 9.17) is 9.84 Å². The Hall–Kier alpha value is -2.53. The number of nitrogens with zero attached hydrogens (tertiary/aromatic N) is 1. The average molecular weight is 423 g/mol. The minimum absolute atomic E-state index is 0.115. The number of phenolic OH excluding ortho intramolecular Hbond substituents is 1. The summed E-state index contributed by atoms with van der Waals surface area (Å²) < 4.78 is 5.51. The highest BCUT2D eigenvalue weighted by Crippen LogP contribution is 2.55. The van der Waals surface area contributed by atoms with Crippen LogP contribution in [0.1, 0.15) is 50.2 Å². The molecule has 2 N–H and O–H groups in total. The average Bonchev–Trinajstić information content (AvgIpc) is 2.78. The summed E-state index contributed by atoms with van der Waals surface area (Å²) in [6.07, 6.45) is 8.22. The Bertz CT molecular complexity index is 927. The number of likely N-dealkylation sites (N-methyl/N-ethyl adjacent to an activating group) is 1. The zero-order chi connectivity index (χ0) is 22.0. The molecule has 5 nitrogen and oxygen atoms in total. The topological polar surface area (TPSA) is 61.8 Å². The molecule has 1 heterocycles. The maximum absolute atomic E-state index is 10.5. The highest BCUT2D eigenvalue weighted by atomic mass is 16.5. The Morgan fingerprint density at radius 2 is 1.94 bits per heavy atom. The van der Waals surface area contributed by atoms with Crippen molar-refractivity contribution in [2.45, 2.75) is 56.9 Å². The van der Waals surface area contributed by atoms with E-state index in [0.717, 1.165) is 17.7 Å². The number of likely N-dealkylation sites (tertiary alicyclic amines) is 1. The van der Waals surface area contributed by atoms with E-state index < -0.39 is 0 Å². The monoisotopic (exact) mass is 422 g/mol. The predicted molar refractivity (Wildman–Crippen MR) is 124 cm³/mol. The zero-order valence-electron chi connectivity index (χ0n) is 18.9. The number of benzene rings is 2. The quantitative estimate of drug-likeness (QED) is 0.687. The van der Waals surface area contributed by atoms with Gasteiger partial charge in [0.2, 0.25) is 5.91 Å². The maximum atomic E-state index is 10.5. The third kappa shape index (κ3) is 4.29. The molecule has 166 valence electrons. The number of piperidine rings is 1. The van der Waals surface area contributed by atoms with Crippen LogP contribution < -0.4 is 10.1 Å². The normalized spacial score (nSPS) is 26.5. The van der Waals surface area contributed by atoms with Crippen LogP contribution >= 0.6 is 0 Å². The molecule has 2 aliphatic carbocycles. The molecule has 0 unspecified atom stereocenters. The molecule has 0 radical (unpaired) electrons. The largest absolute Gasteiger partial charge is 0.508 e. The summed E-state index contributed by atoms with van der Waals surface area (Å²) in [5, 5.41) is 11.5. The molecule has 2 aromatic rings. The van der Waals surface area contributed by atoms with Gasteiger partial charge in [0, 0.05) is 24.1 Å². The number of hydrogen-bond acceptors (Lipinski definition) is 4. The van der Waals surface area contributed by atoms with Crippen LogP contribution in [-0.2, 0) is 16.6 Å². The lowest BCUT2D eigenvalue weighted by molar-refractivity contribution is -0.114. The first kappa shape index (κ1) is 21.7. The summed E-state index contributed by atoms with van der Waals surface area (Å²) in [5.74, 6) is 1.99. The lowest BCUT2D eigenvalue weighted by Crippen LogP contribution is -2.59. The molecular weight excluding hydrogens is 388 g/mol. The number of fused-ring (bicyclic) bond motifs is 1. The number of ether oxygens (including phenoxy) is 1. The van der Waals surface area contributed by atoms with Gasteiger partial charge in [-0.15, -0.1) is 0 Å². The second-order valence-electron chi connectivity index (χ2n) is 9.26. The Balaban J connectivity index is 0.000000180. The zero-order valence-corrected chi connectivity index (χ0v) is 18.9. The van der Waals surface area contributed by atoms with Gasteiger partial charge in [-0.3, -0.25) is 4.79 Å². The van der Waals surface area contributed by atoms with E-state index in [2.05, 4.69) is 35.5 Å². The minimum Gasteiger partial charge on any atom is -0.508 e. The maximum Gasteiger partial charge on any atom is 0.221 e. The standard InChI is InChI=1S/C18H25NO.C8H9NO2/c1-19-10-9-18-8-4-3-5-15(18)17(19)11-13-6-7-14(20-2)12-16(13)18;1-6(10)9-7-2-4-8(11)5-3-7/h6-7,12,15,17H,3-5,8-11H2,1-2H3;2-5,11H,1H3,(H,9,10)/t15-,17+,18+;/m1./s1. The molecular formula is C26H34N2O3. The van der Waals surface area contributed by atoms with Crippen LogP contribution in [0, 0.1) is 5.92 Å². The van der Waals surface area contributed by atoms with E-state index >= 15 is 0 Å². The third-order valence-electron chi connectivity index (χ3n) is 7.51. The van der Waals surface area contributed by atoms with Gasteiger partial charge >= 0.3 is 0 Å². The van der Waals surface area contributed by atoms with Crippen molar-refractivity contribution in [1.82, 2.24) is 4.90 Å². The fourth-order valence-corrected chi connectivity index (χ4v) is 6.05. The third-order valence-corrected chi connectivity index (χ3v) is 7.51. The molecule has 3 atom stereocenters. The van der Waals surface area contributed by atoms with Crippen molar-refractivity contribution in [3.8, 4) is 11.5 Å². The first-order valence-corrected chi connectivity index (χ1v) is 11.4. The highest BCUT2D eigenvalue weighted by molar-refractivity contribution is 5.88. The van der Waals surface area contributed by atoms with E-state index in [0.29, 0.717) is 11.1 Å². The number of aromatic hydroxyl groups is 1. The first-order valence-electron chi connectivity index (χ1n) is 11.4. The Morgan fingerprint density at radius 1 is 1.16 bits per heavy atom. The molecule has 2 bridgehead atoms. The molecule has 1 aliphatic heterocycles. The van der Waals surface area contributed by atoms with Crippen molar-refractivity contribution >= 4 is 11.6 Å². The van der Waals surface area contributed by atoms with Crippen molar-refractivity contribution < 1.29 is 14.6 Å². The van der Waals surface area contributed by atoms with Gasteiger partial charge < -0.3 is 20.1 Å². The van der Waals surface area contributed by atoms with Crippen LogP contribution in [0.2, 0.25) is 0 Å². The van der Waals surface area contributed by atoms with Gasteiger partial charge in [0.05, 0.1) is 7.11 Å². The second-order valence-corrected chi connectivity index (χ2v) is 9.26. The predicted octanol–water partition coefficient (Wildman–Crippen LogP) is 4.73. The van der Waals surface area contributed by atoms with Gasteiger partial charge in [0.25, 0.3) is 0 Å². The molecule has 5 rings (SSSR count). The number of rotatable bonds is 2. The first-order chi connectivity index (χ1) is 14.9. The van der Waals surface area contributed by atoms with E-state index in [1.807, 2.05) is 0 Å². The molecule has 5 heteroatoms. The lowest BCUT2D eigenvalue weighted by Gasteiger charge is -2.58. The number of amides is 1. The van der Waals surface area contributed by atoms with E-state index in [9.17, 15) is 4.79 Å². The van der Waals surface area contributed by atoms with Gasteiger partial charge in [-0.2, -0.15) is 0 Å². The number of nitrogens with one attached hydrogen (secondary N) is 1. The summed E-state index contributed by atoms with van der Waals surface area (Å²) in [7, 11) is 4.12. The summed E-state index contributed by atoms with van der Waals surface area (Å²) in [6, 6.07) is 13.9. The number of methoxy groups -OCH3 is 1. The second kappa shape index (κ2) is 8.91. The number of phenols is 1. The van der Waals surface area contributed by atoms with Gasteiger partial charge in [0.1, 0.15) is 11.5 Å². The number of carbonyl (C=O) groups is 1. The summed E-state index contributed by atoms with van der Waals surface area (Å²) in [5.41, 5.74) is 4.36. The summed E-state index contributed by atoms with van der Waals surface area (Å²) in [4.78, 5) is 13.2. The fraction of sp³-hybridized carbons (Fsp3) is 0.500. The van der Waals surface area contributed by atoms with Crippen molar-refractivity contribution in [2.75, 3.05) is 26.0 Å². The number of hydrogen-bond donors (Lipinski definition) is 2. The molecule has 0 aromatic heterocycles. The Labute approximate surface area is 185 Å². The fourth-order valence-electron chi connectivity index (χ4n) is 6.05. The lowest BCUT2D eigenvalue weighted by atomic mass is 9.52. The molecule has 1 saturated heterocycles. The van der Waals surface area contributed by atoms with Crippen LogP contribution in [0.25, 0.3) is 0 Å². The number of carbonyl (C=O) groups excluding carboxylic acids is 1. The summed E-state index contributed by atoms with van der Waals surface area (Å²) in [6.45, 7) is 2.70. The molecule has 2 aromatic carbocycles. The van der Waals surface area contributed by atoms with Crippen molar-refractivity contribution in [2.24, 2.45) is 5.92 Å². The minimum atomic E-state index is -0.115.